The van der Waals surface area contributed by atoms with E-state index in [0.29, 0.717) is 11.8 Å². The minimum Gasteiger partial charge on any atom is -0.487 e. The average Bonchev–Trinajstić information content (AvgIpc) is 3.02. The standard InChI is InChI=1S/C17H24FNO2/c18-16-6-5-13(12-19-14-7-9-20-10-8-14)11-17(16)21-15-3-1-2-4-15/h5-6,11,14-15,19H,1-4,7-10,12H2. The van der Waals surface area contributed by atoms with Gasteiger partial charge in [0, 0.05) is 25.8 Å². The molecule has 0 amide bonds. The smallest absolute Gasteiger partial charge is 0.165 e. The van der Waals surface area contributed by atoms with Gasteiger partial charge in [0.25, 0.3) is 0 Å². The fourth-order valence-electron chi connectivity index (χ4n) is 3.10. The number of hydrogen-bond acceptors (Lipinski definition) is 3. The second kappa shape index (κ2) is 7.23. The van der Waals surface area contributed by atoms with Crippen LogP contribution < -0.4 is 10.1 Å². The van der Waals surface area contributed by atoms with Crippen molar-refractivity contribution in [3.05, 3.63) is 29.6 Å². The maximum atomic E-state index is 13.9. The number of benzene rings is 1. The van der Waals surface area contributed by atoms with Crippen LogP contribution in [0.3, 0.4) is 0 Å². The van der Waals surface area contributed by atoms with Gasteiger partial charge < -0.3 is 14.8 Å². The zero-order valence-corrected chi connectivity index (χ0v) is 12.4. The fraction of sp³-hybridized carbons (Fsp3) is 0.647. The summed E-state index contributed by atoms with van der Waals surface area (Å²) in [5.74, 6) is 0.157. The Hall–Kier alpha value is -1.13. The summed E-state index contributed by atoms with van der Waals surface area (Å²) in [5, 5.41) is 3.52. The first-order chi connectivity index (χ1) is 10.3. The third kappa shape index (κ3) is 4.17. The van der Waals surface area contributed by atoms with Gasteiger partial charge >= 0.3 is 0 Å². The zero-order chi connectivity index (χ0) is 14.5. The van der Waals surface area contributed by atoms with Crippen LogP contribution in [0.1, 0.15) is 44.1 Å². The summed E-state index contributed by atoms with van der Waals surface area (Å²) >= 11 is 0. The van der Waals surface area contributed by atoms with Crippen molar-refractivity contribution in [3.8, 4) is 5.75 Å². The number of ether oxygens (including phenoxy) is 2. The highest BCUT2D eigenvalue weighted by molar-refractivity contribution is 5.30. The van der Waals surface area contributed by atoms with Gasteiger partial charge in [-0.25, -0.2) is 4.39 Å². The summed E-state index contributed by atoms with van der Waals surface area (Å²) in [6, 6.07) is 5.71. The van der Waals surface area contributed by atoms with Gasteiger partial charge in [-0.15, -0.1) is 0 Å². The first-order valence-electron chi connectivity index (χ1n) is 8.07. The van der Waals surface area contributed by atoms with Gasteiger partial charge in [-0.2, -0.15) is 0 Å². The summed E-state index contributed by atoms with van der Waals surface area (Å²) in [6.45, 7) is 2.42. The van der Waals surface area contributed by atoms with Crippen molar-refractivity contribution in [1.29, 1.82) is 0 Å². The normalized spacial score (nSPS) is 20.8. The monoisotopic (exact) mass is 293 g/mol. The lowest BCUT2D eigenvalue weighted by molar-refractivity contribution is 0.0776. The van der Waals surface area contributed by atoms with Gasteiger partial charge in [0.2, 0.25) is 0 Å². The summed E-state index contributed by atoms with van der Waals surface area (Å²) in [4.78, 5) is 0. The molecule has 1 aromatic carbocycles. The first kappa shape index (κ1) is 14.8. The highest BCUT2D eigenvalue weighted by Crippen LogP contribution is 2.27. The Morgan fingerprint density at radius 1 is 1.14 bits per heavy atom. The van der Waals surface area contributed by atoms with Crippen LogP contribution in [-0.4, -0.2) is 25.4 Å². The second-order valence-corrected chi connectivity index (χ2v) is 6.06. The van der Waals surface area contributed by atoms with Crippen LogP contribution in [-0.2, 0) is 11.3 Å². The van der Waals surface area contributed by atoms with E-state index in [4.69, 9.17) is 9.47 Å². The Labute approximate surface area is 125 Å². The van der Waals surface area contributed by atoms with Crippen LogP contribution >= 0.6 is 0 Å². The molecule has 1 saturated heterocycles. The summed E-state index contributed by atoms with van der Waals surface area (Å²) in [6.07, 6.45) is 6.76. The molecule has 2 aliphatic rings. The zero-order valence-electron chi connectivity index (χ0n) is 12.4. The van der Waals surface area contributed by atoms with E-state index in [0.717, 1.165) is 51.0 Å². The van der Waals surface area contributed by atoms with Crippen molar-refractivity contribution >= 4 is 0 Å². The van der Waals surface area contributed by atoms with E-state index in [1.54, 1.807) is 0 Å². The maximum absolute atomic E-state index is 13.9. The summed E-state index contributed by atoms with van der Waals surface area (Å²) in [5.41, 5.74) is 1.08. The summed E-state index contributed by atoms with van der Waals surface area (Å²) in [7, 11) is 0. The van der Waals surface area contributed by atoms with E-state index in [1.807, 2.05) is 12.1 Å². The predicted molar refractivity (Wildman–Crippen MR) is 80.0 cm³/mol. The van der Waals surface area contributed by atoms with Crippen molar-refractivity contribution in [2.75, 3.05) is 13.2 Å². The number of hydrogen-bond donors (Lipinski definition) is 1. The molecule has 116 valence electrons. The van der Waals surface area contributed by atoms with E-state index in [9.17, 15) is 4.39 Å². The number of rotatable bonds is 5. The molecule has 1 saturated carbocycles. The SMILES string of the molecule is Fc1ccc(CNC2CCOCC2)cc1OC1CCCC1. The predicted octanol–water partition coefficient (Wildman–Crippen LogP) is 3.42. The van der Waals surface area contributed by atoms with E-state index in [-0.39, 0.29) is 11.9 Å². The molecular formula is C17H24FNO2. The molecule has 4 heteroatoms. The fourth-order valence-corrected chi connectivity index (χ4v) is 3.10. The minimum absolute atomic E-state index is 0.193. The Morgan fingerprint density at radius 3 is 2.67 bits per heavy atom. The maximum Gasteiger partial charge on any atom is 0.165 e. The Morgan fingerprint density at radius 2 is 1.90 bits per heavy atom. The van der Waals surface area contributed by atoms with Crippen molar-refractivity contribution in [1.82, 2.24) is 5.32 Å². The van der Waals surface area contributed by atoms with Crippen molar-refractivity contribution < 1.29 is 13.9 Å². The van der Waals surface area contributed by atoms with Gasteiger partial charge in [-0.1, -0.05) is 6.07 Å². The topological polar surface area (TPSA) is 30.5 Å². The van der Waals surface area contributed by atoms with Crippen molar-refractivity contribution in [3.63, 3.8) is 0 Å². The van der Waals surface area contributed by atoms with Crippen LogP contribution in [0.25, 0.3) is 0 Å². The summed E-state index contributed by atoms with van der Waals surface area (Å²) < 4.78 is 25.0. The van der Waals surface area contributed by atoms with E-state index in [1.165, 1.54) is 18.9 Å². The molecule has 1 N–H and O–H groups in total. The quantitative estimate of drug-likeness (QED) is 0.902. The molecule has 1 aliphatic carbocycles. The van der Waals surface area contributed by atoms with Crippen LogP contribution in [0.2, 0.25) is 0 Å². The number of nitrogens with one attached hydrogen (secondary N) is 1. The molecular weight excluding hydrogens is 269 g/mol. The van der Waals surface area contributed by atoms with Crippen molar-refractivity contribution in [2.24, 2.45) is 0 Å². The van der Waals surface area contributed by atoms with Gasteiger partial charge in [-0.05, 0) is 56.2 Å². The Bertz CT molecular complexity index is 454. The van der Waals surface area contributed by atoms with Gasteiger partial charge in [-0.3, -0.25) is 0 Å². The molecule has 1 aromatic rings. The molecule has 0 spiro atoms. The largest absolute Gasteiger partial charge is 0.487 e. The lowest BCUT2D eigenvalue weighted by Crippen LogP contribution is -2.34. The van der Waals surface area contributed by atoms with Crippen LogP contribution in [0.5, 0.6) is 5.75 Å². The Kier molecular flexibility index (Phi) is 5.09. The second-order valence-electron chi connectivity index (χ2n) is 6.06. The highest BCUT2D eigenvalue weighted by atomic mass is 19.1. The third-order valence-electron chi connectivity index (χ3n) is 4.41. The molecule has 2 fully saturated rings. The first-order valence-corrected chi connectivity index (χ1v) is 8.07. The third-order valence-corrected chi connectivity index (χ3v) is 4.41. The highest BCUT2D eigenvalue weighted by Gasteiger charge is 2.18. The lowest BCUT2D eigenvalue weighted by Gasteiger charge is -2.23. The van der Waals surface area contributed by atoms with Crippen LogP contribution in [0.15, 0.2) is 18.2 Å². The molecule has 3 nitrogen and oxygen atoms in total. The van der Waals surface area contributed by atoms with Crippen LogP contribution in [0.4, 0.5) is 4.39 Å². The molecule has 3 rings (SSSR count). The molecule has 0 unspecified atom stereocenters. The Balaban J connectivity index is 1.57. The molecule has 0 bridgehead atoms. The lowest BCUT2D eigenvalue weighted by atomic mass is 10.1. The van der Waals surface area contributed by atoms with Gasteiger partial charge in [0.05, 0.1) is 6.10 Å². The molecule has 0 atom stereocenters. The van der Waals surface area contributed by atoms with E-state index < -0.39 is 0 Å². The molecule has 0 radical (unpaired) electrons. The molecule has 21 heavy (non-hydrogen) atoms. The molecule has 0 aromatic heterocycles. The van der Waals surface area contributed by atoms with Crippen LogP contribution in [0, 0.1) is 5.82 Å². The number of halogens is 1. The van der Waals surface area contributed by atoms with Gasteiger partial charge in [0.15, 0.2) is 11.6 Å². The molecule has 1 aliphatic heterocycles. The van der Waals surface area contributed by atoms with Gasteiger partial charge in [0.1, 0.15) is 0 Å². The van der Waals surface area contributed by atoms with E-state index in [2.05, 4.69) is 5.32 Å². The average molecular weight is 293 g/mol. The minimum atomic E-state index is -0.253. The molecule has 1 heterocycles. The van der Waals surface area contributed by atoms with E-state index >= 15 is 0 Å². The van der Waals surface area contributed by atoms with Crippen molar-refractivity contribution in [2.45, 2.75) is 57.2 Å².